The zero-order valence-corrected chi connectivity index (χ0v) is 16.0. The number of anilines is 1. The van der Waals surface area contributed by atoms with E-state index in [1.54, 1.807) is 31.2 Å². The van der Waals surface area contributed by atoms with Crippen molar-refractivity contribution in [2.75, 3.05) is 24.7 Å². The molecule has 1 amide bonds. The molecule has 0 bridgehead atoms. The number of para-hydroxylation sites is 1. The number of esters is 1. The molecule has 1 saturated carbocycles. The summed E-state index contributed by atoms with van der Waals surface area (Å²) in [4.78, 5) is 24.3. The Morgan fingerprint density at radius 1 is 1.23 bits per heavy atom. The van der Waals surface area contributed by atoms with Gasteiger partial charge in [-0.05, 0) is 31.9 Å². The maximum Gasteiger partial charge on any atom is 0.340 e. The largest absolute Gasteiger partial charge is 0.462 e. The molecule has 2 rings (SSSR count). The monoisotopic (exact) mass is 382 g/mol. The lowest BCUT2D eigenvalue weighted by Gasteiger charge is -2.26. The van der Waals surface area contributed by atoms with Crippen LogP contribution in [0.1, 0.15) is 49.4 Å². The summed E-state index contributed by atoms with van der Waals surface area (Å²) in [5, 5.41) is 2.69. The molecule has 0 heterocycles. The standard InChI is InChI=1S/C18H26N2O5S/c1-3-25-18(22)15-10-6-7-11-16(15)19-17(21)12-13-20(26(2,23)24)14-8-4-5-9-14/h6-7,10-11,14H,3-5,8-9,12-13H2,1-2H3,(H,19,21). The highest BCUT2D eigenvalue weighted by molar-refractivity contribution is 7.88. The Morgan fingerprint density at radius 2 is 1.88 bits per heavy atom. The van der Waals surface area contributed by atoms with E-state index in [9.17, 15) is 18.0 Å². The van der Waals surface area contributed by atoms with E-state index in [1.807, 2.05) is 0 Å². The minimum Gasteiger partial charge on any atom is -0.462 e. The number of nitrogens with one attached hydrogen (secondary N) is 1. The Balaban J connectivity index is 2.01. The van der Waals surface area contributed by atoms with Crippen molar-refractivity contribution >= 4 is 27.6 Å². The zero-order chi connectivity index (χ0) is 19.2. The number of hydrogen-bond acceptors (Lipinski definition) is 5. The molecule has 144 valence electrons. The fourth-order valence-corrected chi connectivity index (χ4v) is 4.39. The third-order valence-electron chi connectivity index (χ3n) is 4.41. The van der Waals surface area contributed by atoms with Gasteiger partial charge in [-0.15, -0.1) is 0 Å². The lowest BCUT2D eigenvalue weighted by molar-refractivity contribution is -0.116. The molecule has 1 fully saturated rings. The topological polar surface area (TPSA) is 92.8 Å². The maximum atomic E-state index is 12.3. The molecule has 0 atom stereocenters. The normalized spacial score (nSPS) is 15.2. The van der Waals surface area contributed by atoms with Gasteiger partial charge in [0, 0.05) is 19.0 Å². The van der Waals surface area contributed by atoms with Gasteiger partial charge in [-0.25, -0.2) is 13.2 Å². The van der Waals surface area contributed by atoms with Crippen LogP contribution in [0.5, 0.6) is 0 Å². The van der Waals surface area contributed by atoms with E-state index >= 15 is 0 Å². The number of carbonyl (C=O) groups excluding carboxylic acids is 2. The first kappa shape index (κ1) is 20.4. The summed E-state index contributed by atoms with van der Waals surface area (Å²) in [6.45, 7) is 2.09. The second-order valence-corrected chi connectivity index (χ2v) is 8.31. The molecule has 8 heteroatoms. The lowest BCUT2D eigenvalue weighted by atomic mass is 10.1. The summed E-state index contributed by atoms with van der Waals surface area (Å²) >= 11 is 0. The SMILES string of the molecule is CCOC(=O)c1ccccc1NC(=O)CCN(C1CCCC1)S(C)(=O)=O. The summed E-state index contributed by atoms with van der Waals surface area (Å²) in [5.74, 6) is -0.847. The molecule has 0 unspecified atom stereocenters. The van der Waals surface area contributed by atoms with Crippen molar-refractivity contribution < 1.29 is 22.7 Å². The Hall–Kier alpha value is -1.93. The number of carbonyl (C=O) groups is 2. The van der Waals surface area contributed by atoms with Crippen molar-refractivity contribution in [2.24, 2.45) is 0 Å². The van der Waals surface area contributed by atoms with Crippen LogP contribution in [0.2, 0.25) is 0 Å². The molecule has 0 aromatic heterocycles. The van der Waals surface area contributed by atoms with Crippen molar-refractivity contribution in [3.05, 3.63) is 29.8 Å². The number of benzene rings is 1. The molecule has 0 spiro atoms. The smallest absolute Gasteiger partial charge is 0.340 e. The molecular formula is C18H26N2O5S. The van der Waals surface area contributed by atoms with Crippen LogP contribution >= 0.6 is 0 Å². The minimum absolute atomic E-state index is 0.0235. The number of sulfonamides is 1. The highest BCUT2D eigenvalue weighted by Gasteiger charge is 2.29. The Kier molecular flexibility index (Phi) is 7.16. The van der Waals surface area contributed by atoms with Gasteiger partial charge in [-0.1, -0.05) is 25.0 Å². The number of hydrogen-bond donors (Lipinski definition) is 1. The average Bonchev–Trinajstić information content (AvgIpc) is 3.08. The average molecular weight is 382 g/mol. The fraction of sp³-hybridized carbons (Fsp3) is 0.556. The number of ether oxygens (including phenoxy) is 1. The molecule has 1 N–H and O–H groups in total. The summed E-state index contributed by atoms with van der Waals surface area (Å²) in [6, 6.07) is 6.57. The molecule has 26 heavy (non-hydrogen) atoms. The summed E-state index contributed by atoms with van der Waals surface area (Å²) in [5.41, 5.74) is 0.640. The van der Waals surface area contributed by atoms with Gasteiger partial charge < -0.3 is 10.1 Å². The zero-order valence-electron chi connectivity index (χ0n) is 15.2. The van der Waals surface area contributed by atoms with E-state index < -0.39 is 16.0 Å². The molecule has 7 nitrogen and oxygen atoms in total. The van der Waals surface area contributed by atoms with Crippen LogP contribution in [0.3, 0.4) is 0 Å². The predicted molar refractivity (Wildman–Crippen MR) is 99.5 cm³/mol. The van der Waals surface area contributed by atoms with Gasteiger partial charge in [0.25, 0.3) is 0 Å². The van der Waals surface area contributed by atoms with Crippen LogP contribution in [0.25, 0.3) is 0 Å². The molecular weight excluding hydrogens is 356 g/mol. The molecule has 1 aromatic carbocycles. The Morgan fingerprint density at radius 3 is 2.50 bits per heavy atom. The minimum atomic E-state index is -3.37. The van der Waals surface area contributed by atoms with Crippen molar-refractivity contribution in [1.29, 1.82) is 0 Å². The van der Waals surface area contributed by atoms with Gasteiger partial charge in [0.05, 0.1) is 24.1 Å². The van der Waals surface area contributed by atoms with E-state index in [0.29, 0.717) is 5.69 Å². The van der Waals surface area contributed by atoms with Gasteiger partial charge in [0.15, 0.2) is 0 Å². The first-order valence-electron chi connectivity index (χ1n) is 8.85. The van der Waals surface area contributed by atoms with Crippen LogP contribution in [-0.4, -0.2) is 50.0 Å². The molecule has 0 radical (unpaired) electrons. The Labute approximate surface area is 154 Å². The highest BCUT2D eigenvalue weighted by Crippen LogP contribution is 2.25. The van der Waals surface area contributed by atoms with Crippen LogP contribution in [0.15, 0.2) is 24.3 Å². The summed E-state index contributed by atoms with van der Waals surface area (Å²) in [7, 11) is -3.37. The predicted octanol–water partition coefficient (Wildman–Crippen LogP) is 2.40. The van der Waals surface area contributed by atoms with Crippen LogP contribution in [-0.2, 0) is 19.6 Å². The lowest BCUT2D eigenvalue weighted by Crippen LogP contribution is -2.40. The first-order chi connectivity index (χ1) is 12.3. The Bertz CT molecular complexity index is 742. The van der Waals surface area contributed by atoms with Crippen LogP contribution < -0.4 is 5.32 Å². The third-order valence-corrected chi connectivity index (χ3v) is 5.75. The van der Waals surface area contributed by atoms with Gasteiger partial charge in [0.1, 0.15) is 0 Å². The summed E-state index contributed by atoms with van der Waals surface area (Å²) in [6.07, 6.45) is 4.90. The van der Waals surface area contributed by atoms with Crippen molar-refractivity contribution in [2.45, 2.75) is 45.1 Å². The molecule has 1 aliphatic carbocycles. The van der Waals surface area contributed by atoms with E-state index in [0.717, 1.165) is 25.7 Å². The molecule has 0 saturated heterocycles. The van der Waals surface area contributed by atoms with Crippen molar-refractivity contribution in [3.63, 3.8) is 0 Å². The third kappa shape index (κ3) is 5.54. The van der Waals surface area contributed by atoms with E-state index in [-0.39, 0.29) is 37.1 Å². The molecule has 1 aromatic rings. The van der Waals surface area contributed by atoms with Gasteiger partial charge in [0.2, 0.25) is 15.9 Å². The first-order valence-corrected chi connectivity index (χ1v) is 10.7. The van der Waals surface area contributed by atoms with E-state index in [1.165, 1.54) is 10.6 Å². The second-order valence-electron chi connectivity index (χ2n) is 6.38. The van der Waals surface area contributed by atoms with E-state index in [2.05, 4.69) is 5.32 Å². The van der Waals surface area contributed by atoms with E-state index in [4.69, 9.17) is 4.74 Å². The van der Waals surface area contributed by atoms with Crippen molar-refractivity contribution in [1.82, 2.24) is 4.31 Å². The summed E-state index contributed by atoms with van der Waals surface area (Å²) < 4.78 is 30.5. The fourth-order valence-electron chi connectivity index (χ4n) is 3.21. The van der Waals surface area contributed by atoms with Crippen molar-refractivity contribution in [3.8, 4) is 0 Å². The van der Waals surface area contributed by atoms with Gasteiger partial charge in [-0.3, -0.25) is 4.79 Å². The van der Waals surface area contributed by atoms with Crippen LogP contribution in [0, 0.1) is 0 Å². The molecule has 1 aliphatic rings. The number of nitrogens with zero attached hydrogens (tertiary/aromatic N) is 1. The van der Waals surface area contributed by atoms with Crippen LogP contribution in [0.4, 0.5) is 5.69 Å². The number of amides is 1. The number of rotatable bonds is 8. The highest BCUT2D eigenvalue weighted by atomic mass is 32.2. The van der Waals surface area contributed by atoms with Gasteiger partial charge in [-0.2, -0.15) is 4.31 Å². The maximum absolute atomic E-state index is 12.3. The second kappa shape index (κ2) is 9.14. The quantitative estimate of drug-likeness (QED) is 0.697. The molecule has 0 aliphatic heterocycles. The van der Waals surface area contributed by atoms with Gasteiger partial charge >= 0.3 is 5.97 Å².